The highest BCUT2D eigenvalue weighted by molar-refractivity contribution is 6.37. The molecule has 0 saturated carbocycles. The van der Waals surface area contributed by atoms with Gasteiger partial charge in [0, 0.05) is 11.2 Å². The second kappa shape index (κ2) is 5.83. The molecule has 0 saturated heterocycles. The molecule has 0 aliphatic heterocycles. The van der Waals surface area contributed by atoms with Crippen LogP contribution in [0.3, 0.4) is 0 Å². The zero-order chi connectivity index (χ0) is 13.1. The number of ether oxygens (including phenoxy) is 1. The van der Waals surface area contributed by atoms with Crippen molar-refractivity contribution in [3.63, 3.8) is 0 Å². The molecule has 0 radical (unpaired) electrons. The van der Waals surface area contributed by atoms with Crippen molar-refractivity contribution in [1.82, 2.24) is 0 Å². The lowest BCUT2D eigenvalue weighted by molar-refractivity contribution is 0.318. The molecule has 4 heteroatoms. The van der Waals surface area contributed by atoms with Gasteiger partial charge < -0.3 is 10.1 Å². The van der Waals surface area contributed by atoms with Crippen molar-refractivity contribution in [3.8, 4) is 5.75 Å². The van der Waals surface area contributed by atoms with Crippen LogP contribution in [0.1, 0.15) is 34.1 Å². The molecule has 0 heterocycles. The highest BCUT2D eigenvalue weighted by atomic mass is 35.5. The number of benzene rings is 1. The molecule has 1 rings (SSSR count). The standard InChI is InChI=1S/C13H19Cl2NO/c1-5-6-17-12-10(14)7-9(8-11(12)15)16-13(2,3)4/h7-8,16H,5-6H2,1-4H3. The molecule has 0 amide bonds. The monoisotopic (exact) mass is 275 g/mol. The first kappa shape index (κ1) is 14.5. The van der Waals surface area contributed by atoms with Crippen LogP contribution < -0.4 is 10.1 Å². The first-order valence-corrected chi connectivity index (χ1v) is 6.49. The molecule has 0 aliphatic rings. The van der Waals surface area contributed by atoms with Gasteiger partial charge in [0.05, 0.1) is 16.7 Å². The molecule has 0 atom stereocenters. The largest absolute Gasteiger partial charge is 0.490 e. The molecule has 1 aromatic rings. The summed E-state index contributed by atoms with van der Waals surface area (Å²) in [5, 5.41) is 4.40. The van der Waals surface area contributed by atoms with Gasteiger partial charge in [-0.3, -0.25) is 0 Å². The second-order valence-corrected chi connectivity index (χ2v) is 5.81. The van der Waals surface area contributed by atoms with Gasteiger partial charge in [-0.15, -0.1) is 0 Å². The maximum atomic E-state index is 6.15. The average Bonchev–Trinajstić information content (AvgIpc) is 2.13. The average molecular weight is 276 g/mol. The van der Waals surface area contributed by atoms with Gasteiger partial charge in [0.2, 0.25) is 0 Å². The third-order valence-corrected chi connectivity index (χ3v) is 2.53. The van der Waals surface area contributed by atoms with Crippen LogP contribution >= 0.6 is 23.2 Å². The molecule has 96 valence electrons. The van der Waals surface area contributed by atoms with Gasteiger partial charge in [0.15, 0.2) is 5.75 Å². The Morgan fingerprint density at radius 3 is 2.12 bits per heavy atom. The lowest BCUT2D eigenvalue weighted by Gasteiger charge is -2.23. The summed E-state index contributed by atoms with van der Waals surface area (Å²) in [6.45, 7) is 8.89. The van der Waals surface area contributed by atoms with Crippen LogP contribution in [-0.4, -0.2) is 12.1 Å². The van der Waals surface area contributed by atoms with Crippen LogP contribution in [0.5, 0.6) is 5.75 Å². The summed E-state index contributed by atoms with van der Waals surface area (Å²) < 4.78 is 5.51. The third-order valence-electron chi connectivity index (χ3n) is 1.97. The van der Waals surface area contributed by atoms with Crippen molar-refractivity contribution in [2.45, 2.75) is 39.7 Å². The fourth-order valence-electron chi connectivity index (χ4n) is 1.41. The van der Waals surface area contributed by atoms with E-state index in [1.165, 1.54) is 0 Å². The lowest BCUT2D eigenvalue weighted by atomic mass is 10.1. The number of nitrogens with one attached hydrogen (secondary N) is 1. The molecule has 1 aromatic carbocycles. The zero-order valence-corrected chi connectivity index (χ0v) is 12.2. The van der Waals surface area contributed by atoms with Crippen molar-refractivity contribution < 1.29 is 4.74 Å². The van der Waals surface area contributed by atoms with E-state index in [0.717, 1.165) is 12.1 Å². The Labute approximate surface area is 113 Å². The molecule has 0 bridgehead atoms. The van der Waals surface area contributed by atoms with E-state index in [1.54, 1.807) is 0 Å². The normalized spacial score (nSPS) is 11.4. The van der Waals surface area contributed by atoms with Gasteiger partial charge in [-0.05, 0) is 39.3 Å². The number of hydrogen-bond donors (Lipinski definition) is 1. The van der Waals surface area contributed by atoms with E-state index in [4.69, 9.17) is 27.9 Å². The van der Waals surface area contributed by atoms with Crippen LogP contribution in [0, 0.1) is 0 Å². The minimum atomic E-state index is -0.0293. The fraction of sp³-hybridized carbons (Fsp3) is 0.538. The lowest BCUT2D eigenvalue weighted by Crippen LogP contribution is -2.26. The van der Waals surface area contributed by atoms with Gasteiger partial charge in [0.25, 0.3) is 0 Å². The number of hydrogen-bond acceptors (Lipinski definition) is 2. The number of rotatable bonds is 4. The van der Waals surface area contributed by atoms with Crippen molar-refractivity contribution in [1.29, 1.82) is 0 Å². The minimum absolute atomic E-state index is 0.0293. The summed E-state index contributed by atoms with van der Waals surface area (Å²) in [4.78, 5) is 0. The summed E-state index contributed by atoms with van der Waals surface area (Å²) in [7, 11) is 0. The van der Waals surface area contributed by atoms with E-state index >= 15 is 0 Å². The molecular formula is C13H19Cl2NO. The van der Waals surface area contributed by atoms with Crippen LogP contribution in [0.15, 0.2) is 12.1 Å². The van der Waals surface area contributed by atoms with Crippen molar-refractivity contribution >= 4 is 28.9 Å². The topological polar surface area (TPSA) is 21.3 Å². The van der Waals surface area contributed by atoms with Crippen LogP contribution in [0.4, 0.5) is 5.69 Å². The van der Waals surface area contributed by atoms with Crippen LogP contribution in [-0.2, 0) is 0 Å². The molecule has 0 aromatic heterocycles. The first-order valence-electron chi connectivity index (χ1n) is 5.73. The van der Waals surface area contributed by atoms with Crippen LogP contribution in [0.2, 0.25) is 10.0 Å². The number of halogens is 2. The molecule has 1 N–H and O–H groups in total. The Kier molecular flexibility index (Phi) is 4.96. The predicted octanol–water partition coefficient (Wildman–Crippen LogP) is 4.99. The SMILES string of the molecule is CCCOc1c(Cl)cc(NC(C)(C)C)cc1Cl. The Bertz CT molecular complexity index is 362. The molecule has 17 heavy (non-hydrogen) atoms. The number of anilines is 1. The van der Waals surface area contributed by atoms with Gasteiger partial charge in [0.1, 0.15) is 0 Å². The highest BCUT2D eigenvalue weighted by Gasteiger charge is 2.13. The Morgan fingerprint density at radius 1 is 1.18 bits per heavy atom. The summed E-state index contributed by atoms with van der Waals surface area (Å²) in [6, 6.07) is 3.67. The molecular weight excluding hydrogens is 257 g/mol. The maximum Gasteiger partial charge on any atom is 0.156 e. The van der Waals surface area contributed by atoms with E-state index in [1.807, 2.05) is 19.1 Å². The van der Waals surface area contributed by atoms with E-state index in [9.17, 15) is 0 Å². The summed E-state index contributed by atoms with van der Waals surface area (Å²) in [5.41, 5.74) is 0.870. The Hall–Kier alpha value is -0.600. The molecule has 2 nitrogen and oxygen atoms in total. The smallest absolute Gasteiger partial charge is 0.156 e. The molecule has 0 unspecified atom stereocenters. The Balaban J connectivity index is 2.93. The first-order chi connectivity index (χ1) is 7.83. The van der Waals surface area contributed by atoms with Gasteiger partial charge in [-0.25, -0.2) is 0 Å². The highest BCUT2D eigenvalue weighted by Crippen LogP contribution is 2.36. The van der Waals surface area contributed by atoms with Crippen molar-refractivity contribution in [2.24, 2.45) is 0 Å². The molecule has 0 fully saturated rings. The van der Waals surface area contributed by atoms with Crippen molar-refractivity contribution in [3.05, 3.63) is 22.2 Å². The van der Waals surface area contributed by atoms with E-state index in [2.05, 4.69) is 26.1 Å². The molecule has 0 aliphatic carbocycles. The Morgan fingerprint density at radius 2 is 1.71 bits per heavy atom. The summed E-state index contributed by atoms with van der Waals surface area (Å²) in [5.74, 6) is 0.564. The van der Waals surface area contributed by atoms with E-state index in [-0.39, 0.29) is 5.54 Å². The second-order valence-electron chi connectivity index (χ2n) is 4.99. The summed E-state index contributed by atoms with van der Waals surface area (Å²) in [6.07, 6.45) is 0.925. The van der Waals surface area contributed by atoms with Crippen molar-refractivity contribution in [2.75, 3.05) is 11.9 Å². The van der Waals surface area contributed by atoms with Crippen LogP contribution in [0.25, 0.3) is 0 Å². The molecule has 0 spiro atoms. The summed E-state index contributed by atoms with van der Waals surface area (Å²) >= 11 is 12.3. The predicted molar refractivity (Wildman–Crippen MR) is 75.6 cm³/mol. The minimum Gasteiger partial charge on any atom is -0.490 e. The third kappa shape index (κ3) is 4.64. The van der Waals surface area contributed by atoms with Gasteiger partial charge >= 0.3 is 0 Å². The van der Waals surface area contributed by atoms with Gasteiger partial charge in [-0.1, -0.05) is 30.1 Å². The van der Waals surface area contributed by atoms with E-state index < -0.39 is 0 Å². The fourth-order valence-corrected chi connectivity index (χ4v) is 2.00. The van der Waals surface area contributed by atoms with E-state index in [0.29, 0.717) is 22.4 Å². The zero-order valence-electron chi connectivity index (χ0n) is 10.7. The quantitative estimate of drug-likeness (QED) is 0.836. The van der Waals surface area contributed by atoms with Gasteiger partial charge in [-0.2, -0.15) is 0 Å². The maximum absolute atomic E-state index is 6.15.